The zero-order valence-corrected chi connectivity index (χ0v) is 23.8. The molecule has 0 saturated carbocycles. The van der Waals surface area contributed by atoms with Gasteiger partial charge in [0, 0.05) is 6.42 Å². The average Bonchev–Trinajstić information content (AvgIpc) is 3.53. The molecule has 8 nitrogen and oxygen atoms in total. The summed E-state index contributed by atoms with van der Waals surface area (Å²) >= 11 is 0. The van der Waals surface area contributed by atoms with Gasteiger partial charge < -0.3 is 19.7 Å². The predicted octanol–water partition coefficient (Wildman–Crippen LogP) is 4.59. The standard InChI is InChI=1S/C36H31NO7/c38-19-20-43-26-17-15-24(16-18-26)33-36(27-14-8-7-13-25(27)21-28(36)39)29(34(40)41)31-35(42)44-32(23-11-5-2-6-12-23)30(37(31)33)22-9-3-1-4-10-22/h1-18,29-33,38H,19-21H2,(H,40,41)/t29-,30-,31-,32+,33+,36-/m1/s1. The highest BCUT2D eigenvalue weighted by Gasteiger charge is 2.73. The molecule has 0 unspecified atom stereocenters. The first kappa shape index (κ1) is 28.0. The van der Waals surface area contributed by atoms with E-state index in [-0.39, 0.29) is 25.4 Å². The van der Waals surface area contributed by atoms with Gasteiger partial charge in [0.1, 0.15) is 30.4 Å². The Hall–Kier alpha value is -4.79. The number of cyclic esters (lactones) is 1. The van der Waals surface area contributed by atoms with Crippen molar-refractivity contribution in [1.29, 1.82) is 0 Å². The molecule has 0 amide bonds. The molecule has 222 valence electrons. The minimum atomic E-state index is -1.56. The smallest absolute Gasteiger partial charge is 0.325 e. The van der Waals surface area contributed by atoms with Gasteiger partial charge in [-0.05, 0) is 39.9 Å². The number of ketones is 1. The number of carboxylic acids is 1. The summed E-state index contributed by atoms with van der Waals surface area (Å²) in [5, 5.41) is 20.2. The number of hydrogen-bond donors (Lipinski definition) is 2. The topological polar surface area (TPSA) is 113 Å². The molecule has 1 spiro atoms. The number of hydrogen-bond acceptors (Lipinski definition) is 7. The zero-order chi connectivity index (χ0) is 30.4. The van der Waals surface area contributed by atoms with Gasteiger partial charge in [-0.25, -0.2) is 0 Å². The third kappa shape index (κ3) is 4.17. The SMILES string of the molecule is O=C1O[C@@H](c2ccccc2)[C@@H](c2ccccc2)N2[C@@H](c3ccc(OCCO)cc3)[C@]3(C(=O)Cc4ccccc43)[C@@H](C(=O)O)[C@H]12. The second-order valence-corrected chi connectivity index (χ2v) is 11.5. The molecule has 3 aliphatic rings. The number of benzene rings is 4. The van der Waals surface area contributed by atoms with E-state index in [0.29, 0.717) is 16.9 Å². The summed E-state index contributed by atoms with van der Waals surface area (Å²) in [6.45, 7) is -0.0230. The lowest BCUT2D eigenvalue weighted by Gasteiger charge is -2.46. The Morgan fingerprint density at radius 2 is 1.45 bits per heavy atom. The third-order valence-corrected chi connectivity index (χ3v) is 9.32. The van der Waals surface area contributed by atoms with Gasteiger partial charge >= 0.3 is 11.9 Å². The van der Waals surface area contributed by atoms with E-state index in [1.54, 1.807) is 12.1 Å². The number of esters is 1. The van der Waals surface area contributed by atoms with E-state index in [9.17, 15) is 24.6 Å². The Labute approximate surface area is 254 Å². The number of aliphatic carboxylic acids is 1. The average molecular weight is 590 g/mol. The number of ether oxygens (including phenoxy) is 2. The highest BCUT2D eigenvalue weighted by molar-refractivity contribution is 6.04. The highest BCUT2D eigenvalue weighted by Crippen LogP contribution is 2.64. The first-order chi connectivity index (χ1) is 21.5. The van der Waals surface area contributed by atoms with Crippen LogP contribution in [-0.4, -0.2) is 52.1 Å². The molecule has 4 aromatic rings. The molecule has 2 N–H and O–H groups in total. The fourth-order valence-electron chi connectivity index (χ4n) is 7.75. The Morgan fingerprint density at radius 3 is 2.11 bits per heavy atom. The van der Waals surface area contributed by atoms with Crippen LogP contribution in [0.3, 0.4) is 0 Å². The highest BCUT2D eigenvalue weighted by atomic mass is 16.6. The Bertz CT molecular complexity index is 1710. The van der Waals surface area contributed by atoms with Crippen LogP contribution in [0.1, 0.15) is 46.0 Å². The first-order valence-corrected chi connectivity index (χ1v) is 14.7. The molecular formula is C36H31NO7. The number of carbonyl (C=O) groups is 3. The van der Waals surface area contributed by atoms with Crippen LogP contribution in [0, 0.1) is 5.92 Å². The fraction of sp³-hybridized carbons (Fsp3) is 0.250. The number of nitrogens with zero attached hydrogens (tertiary/aromatic N) is 1. The van der Waals surface area contributed by atoms with Crippen molar-refractivity contribution in [2.45, 2.75) is 36.1 Å². The maximum Gasteiger partial charge on any atom is 0.325 e. The van der Waals surface area contributed by atoms with Crippen LogP contribution in [-0.2, 0) is 31.0 Å². The van der Waals surface area contributed by atoms with Crippen molar-refractivity contribution >= 4 is 17.7 Å². The minimum Gasteiger partial charge on any atom is -0.491 e. The van der Waals surface area contributed by atoms with Gasteiger partial charge in [0.25, 0.3) is 0 Å². The van der Waals surface area contributed by atoms with E-state index < -0.39 is 47.5 Å². The first-order valence-electron chi connectivity index (χ1n) is 14.7. The van der Waals surface area contributed by atoms with E-state index in [2.05, 4.69) is 0 Å². The van der Waals surface area contributed by atoms with Gasteiger partial charge in [-0.1, -0.05) is 97.1 Å². The maximum atomic E-state index is 14.5. The number of fused-ring (bicyclic) bond motifs is 3. The summed E-state index contributed by atoms with van der Waals surface area (Å²) in [6.07, 6.45) is -0.685. The molecule has 7 rings (SSSR count). The van der Waals surface area contributed by atoms with E-state index in [1.165, 1.54) is 0 Å². The van der Waals surface area contributed by atoms with Gasteiger partial charge in [0.15, 0.2) is 5.78 Å². The molecule has 1 aliphatic carbocycles. The monoisotopic (exact) mass is 589 g/mol. The molecule has 2 saturated heterocycles. The fourth-order valence-corrected chi connectivity index (χ4v) is 7.75. The quantitative estimate of drug-likeness (QED) is 0.301. The van der Waals surface area contributed by atoms with Crippen LogP contribution < -0.4 is 4.74 Å². The summed E-state index contributed by atoms with van der Waals surface area (Å²) in [6, 6.07) is 30.9. The van der Waals surface area contributed by atoms with Crippen molar-refractivity contribution in [3.8, 4) is 5.75 Å². The summed E-state index contributed by atoms with van der Waals surface area (Å²) in [5.41, 5.74) is 2.13. The number of carboxylic acid groups (broad SMARTS) is 1. The van der Waals surface area contributed by atoms with Crippen molar-refractivity contribution < 1.29 is 34.1 Å². The van der Waals surface area contributed by atoms with Gasteiger partial charge in [-0.15, -0.1) is 0 Å². The zero-order valence-electron chi connectivity index (χ0n) is 23.8. The molecular weight excluding hydrogens is 558 g/mol. The largest absolute Gasteiger partial charge is 0.491 e. The Balaban J connectivity index is 1.52. The number of morpholine rings is 1. The normalized spacial score (nSPS) is 27.5. The van der Waals surface area contributed by atoms with Crippen LogP contribution in [0.2, 0.25) is 0 Å². The van der Waals surface area contributed by atoms with Crippen LogP contribution >= 0.6 is 0 Å². The van der Waals surface area contributed by atoms with Gasteiger partial charge in [0.05, 0.1) is 24.1 Å². The lowest BCUT2D eigenvalue weighted by molar-refractivity contribution is -0.179. The Morgan fingerprint density at radius 1 is 0.818 bits per heavy atom. The Kier molecular flexibility index (Phi) is 7.03. The molecule has 4 aromatic carbocycles. The van der Waals surface area contributed by atoms with Crippen LogP contribution in [0.4, 0.5) is 0 Å². The summed E-state index contributed by atoms with van der Waals surface area (Å²) < 4.78 is 11.8. The molecule has 44 heavy (non-hydrogen) atoms. The van der Waals surface area contributed by atoms with Crippen LogP contribution in [0.15, 0.2) is 109 Å². The number of Topliss-reactive ketones (excluding diaryl/α,β-unsaturated/α-hetero) is 1. The van der Waals surface area contributed by atoms with Crippen LogP contribution in [0.5, 0.6) is 5.75 Å². The molecule has 0 aromatic heterocycles. The van der Waals surface area contributed by atoms with E-state index in [1.807, 2.05) is 102 Å². The van der Waals surface area contributed by atoms with Crippen molar-refractivity contribution in [2.24, 2.45) is 5.92 Å². The number of aliphatic hydroxyl groups excluding tert-OH is 1. The van der Waals surface area contributed by atoms with Crippen molar-refractivity contribution in [1.82, 2.24) is 4.90 Å². The lowest BCUT2D eigenvalue weighted by atomic mass is 9.65. The van der Waals surface area contributed by atoms with Crippen molar-refractivity contribution in [3.63, 3.8) is 0 Å². The van der Waals surface area contributed by atoms with Gasteiger partial charge in [-0.2, -0.15) is 0 Å². The molecule has 8 heteroatoms. The van der Waals surface area contributed by atoms with E-state index >= 15 is 0 Å². The summed E-state index contributed by atoms with van der Waals surface area (Å²) in [5.74, 6) is -3.00. The molecule has 0 bridgehead atoms. The van der Waals surface area contributed by atoms with Crippen molar-refractivity contribution in [3.05, 3.63) is 137 Å². The van der Waals surface area contributed by atoms with E-state index in [0.717, 1.165) is 16.7 Å². The third-order valence-electron chi connectivity index (χ3n) is 9.32. The molecule has 6 atom stereocenters. The number of aliphatic hydroxyl groups is 1. The van der Waals surface area contributed by atoms with Gasteiger partial charge in [-0.3, -0.25) is 19.3 Å². The second-order valence-electron chi connectivity index (χ2n) is 11.5. The molecule has 2 aliphatic heterocycles. The molecule has 2 fully saturated rings. The van der Waals surface area contributed by atoms with Gasteiger partial charge in [0.2, 0.25) is 0 Å². The number of carbonyl (C=O) groups excluding carboxylic acids is 2. The summed E-state index contributed by atoms with van der Waals surface area (Å²) in [4.78, 5) is 44.1. The summed E-state index contributed by atoms with van der Waals surface area (Å²) in [7, 11) is 0. The van der Waals surface area contributed by atoms with Crippen LogP contribution in [0.25, 0.3) is 0 Å². The number of rotatable bonds is 7. The minimum absolute atomic E-state index is 0.0713. The van der Waals surface area contributed by atoms with Crippen molar-refractivity contribution in [2.75, 3.05) is 13.2 Å². The van der Waals surface area contributed by atoms with E-state index in [4.69, 9.17) is 9.47 Å². The second kappa shape index (κ2) is 11.0. The molecule has 0 radical (unpaired) electrons. The lowest BCUT2D eigenvalue weighted by Crippen LogP contribution is -2.52. The molecule has 2 heterocycles. The maximum absolute atomic E-state index is 14.5. The predicted molar refractivity (Wildman–Crippen MR) is 160 cm³/mol.